The number of rotatable bonds is 8. The zero-order valence-electron chi connectivity index (χ0n) is 19.6. The fraction of sp³-hybridized carbons (Fsp3) is 0.333. The molecule has 0 fully saturated rings. The second-order valence-corrected chi connectivity index (χ2v) is 8.75. The van der Waals surface area contributed by atoms with E-state index in [1.165, 1.54) is 0 Å². The monoisotopic (exact) mass is 432 g/mol. The van der Waals surface area contributed by atoms with Crippen LogP contribution in [0.15, 0.2) is 63.7 Å². The van der Waals surface area contributed by atoms with E-state index < -0.39 is 5.69 Å². The average molecular weight is 433 g/mol. The van der Waals surface area contributed by atoms with Gasteiger partial charge in [0, 0.05) is 17.7 Å². The maximum Gasteiger partial charge on any atom is 0.330 e. The van der Waals surface area contributed by atoms with Gasteiger partial charge >= 0.3 is 5.69 Å². The number of nitrogens with one attached hydrogen (secondary N) is 1. The highest BCUT2D eigenvalue weighted by Gasteiger charge is 2.18. The quantitative estimate of drug-likeness (QED) is 0.548. The number of aromatic nitrogens is 2. The molecule has 3 aromatic rings. The maximum absolute atomic E-state index is 12.7. The molecule has 1 heterocycles. The van der Waals surface area contributed by atoms with Crippen molar-refractivity contribution in [1.29, 1.82) is 0 Å². The molecule has 0 unspecified atom stereocenters. The molecule has 0 aliphatic heterocycles. The summed E-state index contributed by atoms with van der Waals surface area (Å²) in [5.74, 6) is -0.0220. The zero-order valence-corrected chi connectivity index (χ0v) is 19.6. The van der Waals surface area contributed by atoms with Gasteiger partial charge in [-0.25, -0.2) is 4.79 Å². The van der Waals surface area contributed by atoms with E-state index in [1.54, 1.807) is 4.57 Å². The van der Waals surface area contributed by atoms with Crippen molar-refractivity contribution in [3.63, 3.8) is 0 Å². The van der Waals surface area contributed by atoms with Gasteiger partial charge in [-0.2, -0.15) is 0 Å². The van der Waals surface area contributed by atoms with Crippen LogP contribution >= 0.6 is 0 Å². The van der Waals surface area contributed by atoms with Crippen LogP contribution in [-0.4, -0.2) is 16.2 Å². The highest BCUT2D eigenvalue weighted by Crippen LogP contribution is 2.20. The molecule has 1 aromatic heterocycles. The number of hydrogen-bond acceptors (Lipinski definition) is 3. The maximum atomic E-state index is 12.7. The van der Waals surface area contributed by atoms with E-state index in [1.807, 2.05) is 51.1 Å². The van der Waals surface area contributed by atoms with E-state index >= 15 is 0 Å². The van der Waals surface area contributed by atoms with E-state index in [9.17, 15) is 9.59 Å². The van der Waals surface area contributed by atoms with Crippen LogP contribution in [0.25, 0.3) is 6.08 Å². The van der Waals surface area contributed by atoms with E-state index in [2.05, 4.69) is 43.1 Å². The van der Waals surface area contributed by atoms with Gasteiger partial charge in [0.05, 0.1) is 6.61 Å². The molecule has 0 saturated heterocycles. The summed E-state index contributed by atoms with van der Waals surface area (Å²) >= 11 is 0. The van der Waals surface area contributed by atoms with E-state index in [-0.39, 0.29) is 18.2 Å². The lowest BCUT2D eigenvalue weighted by atomic mass is 9.96. The second kappa shape index (κ2) is 10.4. The van der Waals surface area contributed by atoms with Gasteiger partial charge in [-0.05, 0) is 43.4 Å². The van der Waals surface area contributed by atoms with Crippen molar-refractivity contribution >= 4 is 6.08 Å². The minimum Gasteiger partial charge on any atom is -0.356 e. The van der Waals surface area contributed by atoms with Crippen LogP contribution < -0.4 is 11.2 Å². The van der Waals surface area contributed by atoms with Crippen molar-refractivity contribution in [3.05, 3.63) is 108 Å². The normalized spacial score (nSPS) is 11.9. The summed E-state index contributed by atoms with van der Waals surface area (Å²) < 4.78 is 7.47. The smallest absolute Gasteiger partial charge is 0.330 e. The molecule has 0 radical (unpaired) electrons. The Morgan fingerprint density at radius 2 is 1.72 bits per heavy atom. The third kappa shape index (κ3) is 5.95. The van der Waals surface area contributed by atoms with Gasteiger partial charge in [-0.3, -0.25) is 14.3 Å². The molecule has 5 heteroatoms. The van der Waals surface area contributed by atoms with Crippen molar-refractivity contribution in [2.75, 3.05) is 6.61 Å². The molecule has 0 amide bonds. The van der Waals surface area contributed by atoms with Gasteiger partial charge < -0.3 is 4.74 Å². The molecule has 0 bridgehead atoms. The molecule has 3 rings (SSSR count). The Morgan fingerprint density at radius 1 is 1.06 bits per heavy atom. The number of ether oxygens (including phenoxy) is 1. The van der Waals surface area contributed by atoms with E-state index in [0.29, 0.717) is 24.3 Å². The first-order valence-corrected chi connectivity index (χ1v) is 11.0. The second-order valence-electron chi connectivity index (χ2n) is 8.75. The number of H-pyrrole nitrogens is 1. The summed E-state index contributed by atoms with van der Waals surface area (Å²) in [4.78, 5) is 27.9. The van der Waals surface area contributed by atoms with Crippen LogP contribution in [0.4, 0.5) is 0 Å². The number of nitrogens with zero attached hydrogens (tertiary/aromatic N) is 1. The third-order valence-corrected chi connectivity index (χ3v) is 5.34. The van der Waals surface area contributed by atoms with E-state index in [4.69, 9.17) is 4.74 Å². The lowest BCUT2D eigenvalue weighted by Gasteiger charge is -2.19. The van der Waals surface area contributed by atoms with Gasteiger partial charge in [0.1, 0.15) is 6.73 Å². The summed E-state index contributed by atoms with van der Waals surface area (Å²) in [5, 5.41) is 0. The fourth-order valence-electron chi connectivity index (χ4n) is 4.09. The van der Waals surface area contributed by atoms with Gasteiger partial charge in [0.15, 0.2) is 0 Å². The van der Waals surface area contributed by atoms with Crippen molar-refractivity contribution in [3.8, 4) is 0 Å². The molecule has 0 aliphatic carbocycles. The van der Waals surface area contributed by atoms with Gasteiger partial charge in [-0.1, -0.05) is 79.6 Å². The van der Waals surface area contributed by atoms with Crippen molar-refractivity contribution in [2.45, 2.75) is 53.7 Å². The van der Waals surface area contributed by atoms with Gasteiger partial charge in [0.2, 0.25) is 0 Å². The van der Waals surface area contributed by atoms with Crippen LogP contribution in [0, 0.1) is 13.8 Å². The minimum atomic E-state index is -0.441. The summed E-state index contributed by atoms with van der Waals surface area (Å²) in [5.41, 5.74) is 6.12. The van der Waals surface area contributed by atoms with Crippen LogP contribution in [0.2, 0.25) is 0 Å². The van der Waals surface area contributed by atoms with Crippen molar-refractivity contribution in [2.24, 2.45) is 0 Å². The van der Waals surface area contributed by atoms with E-state index in [0.717, 1.165) is 27.8 Å². The third-order valence-electron chi connectivity index (χ3n) is 5.34. The topological polar surface area (TPSA) is 64.1 Å². The van der Waals surface area contributed by atoms with Crippen molar-refractivity contribution < 1.29 is 4.74 Å². The minimum absolute atomic E-state index is 0.0220. The highest BCUT2D eigenvalue weighted by atomic mass is 16.5. The highest BCUT2D eigenvalue weighted by molar-refractivity contribution is 5.52. The Labute approximate surface area is 189 Å². The Bertz CT molecular complexity index is 1200. The van der Waals surface area contributed by atoms with Gasteiger partial charge in [-0.15, -0.1) is 0 Å². The summed E-state index contributed by atoms with van der Waals surface area (Å²) in [6.45, 7) is 10.5. The average Bonchev–Trinajstić information content (AvgIpc) is 2.69. The Hall–Kier alpha value is -3.18. The largest absolute Gasteiger partial charge is 0.356 e. The number of hydrogen-bond donors (Lipinski definition) is 1. The Kier molecular flexibility index (Phi) is 7.65. The molecule has 32 heavy (non-hydrogen) atoms. The summed E-state index contributed by atoms with van der Waals surface area (Å²) in [6.07, 6.45) is 2.56. The van der Waals surface area contributed by atoms with Crippen molar-refractivity contribution in [1.82, 2.24) is 9.55 Å². The molecule has 1 N–H and O–H groups in total. The fourth-order valence-corrected chi connectivity index (χ4v) is 4.09. The summed E-state index contributed by atoms with van der Waals surface area (Å²) in [6, 6.07) is 16.3. The lowest BCUT2D eigenvalue weighted by Crippen LogP contribution is -2.36. The van der Waals surface area contributed by atoms with Crippen LogP contribution in [0.1, 0.15) is 60.2 Å². The molecule has 0 atom stereocenters. The predicted molar refractivity (Wildman–Crippen MR) is 130 cm³/mol. The first-order valence-electron chi connectivity index (χ1n) is 11.0. The van der Waals surface area contributed by atoms with Crippen LogP contribution in [0.3, 0.4) is 0 Å². The molecule has 0 aliphatic rings. The summed E-state index contributed by atoms with van der Waals surface area (Å²) in [7, 11) is 0. The first-order chi connectivity index (χ1) is 15.2. The van der Waals surface area contributed by atoms with Crippen LogP contribution in [-0.2, 0) is 17.9 Å². The molecule has 0 saturated carbocycles. The molecule has 5 nitrogen and oxygen atoms in total. The number of aryl methyl sites for hydroxylation is 2. The molecule has 168 valence electrons. The lowest BCUT2D eigenvalue weighted by molar-refractivity contribution is 0.0896. The number of aromatic amines is 1. The zero-order chi connectivity index (χ0) is 23.3. The standard InChI is InChI=1S/C27H32N2O3/c1-18(2)25-24(15-23-12-19(3)11-20(4)13-23)29(27(31)28-26(25)30)17-32-16-21(5)14-22-9-7-6-8-10-22/h6-14,18H,15-17H2,1-5H3,(H,28,30,31). The van der Waals surface area contributed by atoms with Gasteiger partial charge in [0.25, 0.3) is 5.56 Å². The Balaban J connectivity index is 1.90. The number of benzene rings is 2. The molecule has 2 aromatic carbocycles. The SMILES string of the molecule is CC(=Cc1ccccc1)COCn1c(Cc2cc(C)cc(C)c2)c(C(C)C)c(=O)[nH]c1=O. The Morgan fingerprint density at radius 3 is 2.34 bits per heavy atom. The molecular formula is C27H32N2O3. The van der Waals surface area contributed by atoms with Crippen LogP contribution in [0.5, 0.6) is 0 Å². The molecular weight excluding hydrogens is 400 g/mol. The molecule has 0 spiro atoms. The first kappa shape index (κ1) is 23.5. The predicted octanol–water partition coefficient (Wildman–Crippen LogP) is 4.95.